The molecule has 1 atom stereocenters. The van der Waals surface area contributed by atoms with Crippen LogP contribution in [0.2, 0.25) is 10.0 Å². The van der Waals surface area contributed by atoms with E-state index in [2.05, 4.69) is 5.32 Å². The zero-order valence-corrected chi connectivity index (χ0v) is 26.9. The molecule has 4 aromatic carbocycles. The van der Waals surface area contributed by atoms with E-state index in [1.54, 1.807) is 36.4 Å². The first-order valence-electron chi connectivity index (χ1n) is 13.8. The third-order valence-electron chi connectivity index (χ3n) is 7.09. The Kier molecular flexibility index (Phi) is 10.9. The number of carbonyl (C=O) groups is 2. The summed E-state index contributed by atoms with van der Waals surface area (Å²) in [6.07, 6.45) is 0.207. The first kappa shape index (κ1) is 32.9. The Morgan fingerprint density at radius 3 is 2.14 bits per heavy atom. The number of likely N-dealkylation sites (N-methyl/N-ethyl adjacent to an activating group) is 1. The molecule has 230 valence electrons. The van der Waals surface area contributed by atoms with Gasteiger partial charge in [-0.1, -0.05) is 83.4 Å². The average molecular weight is 655 g/mol. The summed E-state index contributed by atoms with van der Waals surface area (Å²) in [5.41, 5.74) is 2.59. The molecular weight excluding hydrogens is 621 g/mol. The zero-order valence-electron chi connectivity index (χ0n) is 24.5. The number of sulfonamides is 1. The number of methoxy groups -OCH3 is 1. The van der Waals surface area contributed by atoms with Gasteiger partial charge in [-0.25, -0.2) is 8.42 Å². The van der Waals surface area contributed by atoms with E-state index in [1.165, 1.54) is 49.4 Å². The molecule has 0 aromatic heterocycles. The van der Waals surface area contributed by atoms with Crippen LogP contribution in [-0.2, 0) is 32.6 Å². The minimum absolute atomic E-state index is 0.000714. The van der Waals surface area contributed by atoms with Crippen LogP contribution in [0.4, 0.5) is 5.69 Å². The van der Waals surface area contributed by atoms with Crippen molar-refractivity contribution in [2.24, 2.45) is 0 Å². The molecule has 4 rings (SSSR count). The lowest BCUT2D eigenvalue weighted by Gasteiger charge is -2.33. The Hall–Kier alpha value is -4.05. The van der Waals surface area contributed by atoms with E-state index in [0.717, 1.165) is 15.4 Å². The third-order valence-corrected chi connectivity index (χ3v) is 9.43. The number of hydrogen-bond donors (Lipinski definition) is 1. The molecule has 0 saturated heterocycles. The highest BCUT2D eigenvalue weighted by Crippen LogP contribution is 2.32. The molecule has 2 amide bonds. The third kappa shape index (κ3) is 7.91. The summed E-state index contributed by atoms with van der Waals surface area (Å²) in [5.74, 6) is -0.634. The number of hydrogen-bond acceptors (Lipinski definition) is 5. The van der Waals surface area contributed by atoms with E-state index in [1.807, 2.05) is 37.3 Å². The molecule has 0 aliphatic rings. The minimum atomic E-state index is -4.26. The second kappa shape index (κ2) is 14.6. The summed E-state index contributed by atoms with van der Waals surface area (Å²) in [4.78, 5) is 29.1. The number of ether oxygens (including phenoxy) is 1. The van der Waals surface area contributed by atoms with Crippen LogP contribution >= 0.6 is 23.2 Å². The van der Waals surface area contributed by atoms with Gasteiger partial charge in [0.2, 0.25) is 11.8 Å². The maximum Gasteiger partial charge on any atom is 0.264 e. The second-order valence-corrected chi connectivity index (χ2v) is 12.8. The van der Waals surface area contributed by atoms with E-state index in [-0.39, 0.29) is 28.6 Å². The van der Waals surface area contributed by atoms with Gasteiger partial charge in [0, 0.05) is 25.0 Å². The van der Waals surface area contributed by atoms with E-state index in [0.29, 0.717) is 16.3 Å². The fourth-order valence-electron chi connectivity index (χ4n) is 4.68. The van der Waals surface area contributed by atoms with E-state index >= 15 is 0 Å². The van der Waals surface area contributed by atoms with Gasteiger partial charge < -0.3 is 15.0 Å². The van der Waals surface area contributed by atoms with E-state index in [4.69, 9.17) is 27.9 Å². The number of carbonyl (C=O) groups excluding carboxylic acids is 2. The van der Waals surface area contributed by atoms with Crippen molar-refractivity contribution in [1.82, 2.24) is 10.2 Å². The van der Waals surface area contributed by atoms with Gasteiger partial charge in [0.05, 0.1) is 22.7 Å². The van der Waals surface area contributed by atoms with Crippen LogP contribution in [0.15, 0.2) is 102 Å². The van der Waals surface area contributed by atoms with Crippen molar-refractivity contribution < 1.29 is 22.7 Å². The summed E-state index contributed by atoms with van der Waals surface area (Å²) in [5, 5.41) is 3.36. The summed E-state index contributed by atoms with van der Waals surface area (Å²) in [6.45, 7) is 1.28. The van der Waals surface area contributed by atoms with Gasteiger partial charge in [-0.05, 0) is 60.5 Å². The number of halogens is 2. The van der Waals surface area contributed by atoms with Crippen molar-refractivity contribution in [1.29, 1.82) is 0 Å². The normalized spacial score (nSPS) is 11.8. The summed E-state index contributed by atoms with van der Waals surface area (Å²) in [6, 6.07) is 26.1. The topological polar surface area (TPSA) is 96.0 Å². The standard InChI is InChI=1S/C33H33Cl2N3O5S/c1-23-9-16-28(17-10-23)44(41,42)38(27-15-18-31(43-3)29(35)20-27)22-32(39)37(21-25-11-13-26(34)14-12-25)30(33(40)36-2)19-24-7-5-4-6-8-24/h4-18,20,30H,19,21-22H2,1-3H3,(H,36,40). The lowest BCUT2D eigenvalue weighted by atomic mass is 10.0. The fourth-order valence-corrected chi connectivity index (χ4v) is 6.47. The van der Waals surface area contributed by atoms with Crippen LogP contribution in [0.25, 0.3) is 0 Å². The average Bonchev–Trinajstić information content (AvgIpc) is 3.02. The number of anilines is 1. The number of nitrogens with one attached hydrogen (secondary N) is 1. The van der Waals surface area contributed by atoms with Crippen molar-refractivity contribution in [2.45, 2.75) is 30.8 Å². The van der Waals surface area contributed by atoms with Crippen molar-refractivity contribution in [3.05, 3.63) is 124 Å². The summed E-state index contributed by atoms with van der Waals surface area (Å²) < 4.78 is 34.5. The molecule has 4 aromatic rings. The van der Waals surface area contributed by atoms with Gasteiger partial charge in [-0.15, -0.1) is 0 Å². The van der Waals surface area contributed by atoms with Crippen molar-refractivity contribution in [2.75, 3.05) is 25.0 Å². The molecule has 0 aliphatic heterocycles. The number of amides is 2. The molecule has 0 fully saturated rings. The van der Waals surface area contributed by atoms with Crippen LogP contribution in [0.3, 0.4) is 0 Å². The number of aryl methyl sites for hydroxylation is 1. The van der Waals surface area contributed by atoms with Crippen LogP contribution in [0.5, 0.6) is 5.75 Å². The molecule has 8 nitrogen and oxygen atoms in total. The molecule has 0 radical (unpaired) electrons. The molecule has 0 saturated carbocycles. The van der Waals surface area contributed by atoms with Crippen molar-refractivity contribution in [3.8, 4) is 5.75 Å². The molecule has 11 heteroatoms. The Bertz CT molecular complexity index is 1700. The van der Waals surface area contributed by atoms with E-state index in [9.17, 15) is 18.0 Å². The molecule has 0 aliphatic carbocycles. The SMILES string of the molecule is CNC(=O)C(Cc1ccccc1)N(Cc1ccc(Cl)cc1)C(=O)CN(c1ccc(OC)c(Cl)c1)S(=O)(=O)c1ccc(C)cc1. The first-order valence-corrected chi connectivity index (χ1v) is 16.0. The van der Waals surface area contributed by atoms with Crippen molar-refractivity contribution >= 4 is 50.7 Å². The maximum absolute atomic E-state index is 14.3. The Labute approximate surface area is 268 Å². The van der Waals surface area contributed by atoms with Crippen LogP contribution in [-0.4, -0.2) is 51.9 Å². The highest BCUT2D eigenvalue weighted by atomic mass is 35.5. The minimum Gasteiger partial charge on any atom is -0.495 e. The number of benzene rings is 4. The van der Waals surface area contributed by atoms with E-state index < -0.39 is 34.4 Å². The molecule has 0 heterocycles. The zero-order chi connectivity index (χ0) is 31.9. The van der Waals surface area contributed by atoms with Gasteiger partial charge in [0.25, 0.3) is 10.0 Å². The number of nitrogens with zero attached hydrogens (tertiary/aromatic N) is 2. The van der Waals surface area contributed by atoms with Gasteiger partial charge in [-0.3, -0.25) is 13.9 Å². The predicted octanol–water partition coefficient (Wildman–Crippen LogP) is 5.89. The Balaban J connectivity index is 1.80. The fraction of sp³-hybridized carbons (Fsp3) is 0.212. The molecule has 1 N–H and O–H groups in total. The van der Waals surface area contributed by atoms with Crippen LogP contribution in [0, 0.1) is 6.92 Å². The Morgan fingerprint density at radius 1 is 0.886 bits per heavy atom. The van der Waals surface area contributed by atoms with Crippen LogP contribution in [0.1, 0.15) is 16.7 Å². The largest absolute Gasteiger partial charge is 0.495 e. The highest BCUT2D eigenvalue weighted by molar-refractivity contribution is 7.92. The summed E-state index contributed by atoms with van der Waals surface area (Å²) in [7, 11) is -1.31. The predicted molar refractivity (Wildman–Crippen MR) is 174 cm³/mol. The van der Waals surface area contributed by atoms with Crippen LogP contribution < -0.4 is 14.4 Å². The molecule has 44 heavy (non-hydrogen) atoms. The summed E-state index contributed by atoms with van der Waals surface area (Å²) >= 11 is 12.5. The van der Waals surface area contributed by atoms with Crippen molar-refractivity contribution in [3.63, 3.8) is 0 Å². The monoisotopic (exact) mass is 653 g/mol. The van der Waals surface area contributed by atoms with Gasteiger partial charge in [0.15, 0.2) is 0 Å². The first-order chi connectivity index (χ1) is 21.0. The van der Waals surface area contributed by atoms with Gasteiger partial charge in [-0.2, -0.15) is 0 Å². The Morgan fingerprint density at radius 2 is 1.55 bits per heavy atom. The van der Waals surface area contributed by atoms with Gasteiger partial charge in [0.1, 0.15) is 18.3 Å². The number of rotatable bonds is 12. The maximum atomic E-state index is 14.3. The van der Waals surface area contributed by atoms with Gasteiger partial charge >= 0.3 is 0 Å². The lowest BCUT2D eigenvalue weighted by molar-refractivity contribution is -0.139. The quantitative estimate of drug-likeness (QED) is 0.206. The smallest absolute Gasteiger partial charge is 0.264 e. The molecule has 0 spiro atoms. The molecule has 0 bridgehead atoms. The molecular formula is C33H33Cl2N3O5S. The second-order valence-electron chi connectivity index (χ2n) is 10.1. The molecule has 1 unspecified atom stereocenters. The lowest BCUT2D eigenvalue weighted by Crippen LogP contribution is -2.53. The highest BCUT2D eigenvalue weighted by Gasteiger charge is 2.34.